The fourth-order valence-electron chi connectivity index (χ4n) is 4.45. The van der Waals surface area contributed by atoms with Crippen molar-refractivity contribution in [2.75, 3.05) is 25.0 Å². The van der Waals surface area contributed by atoms with Gasteiger partial charge < -0.3 is 24.7 Å². The summed E-state index contributed by atoms with van der Waals surface area (Å²) in [6.07, 6.45) is 3.67. The van der Waals surface area contributed by atoms with E-state index in [1.54, 1.807) is 17.0 Å². The molecule has 2 N–H and O–H groups in total. The van der Waals surface area contributed by atoms with Crippen molar-refractivity contribution in [2.45, 2.75) is 30.5 Å². The zero-order valence-electron chi connectivity index (χ0n) is 14.9. The van der Waals surface area contributed by atoms with Gasteiger partial charge in [0.2, 0.25) is 0 Å². The third kappa shape index (κ3) is 2.70. The highest BCUT2D eigenvalue weighted by Gasteiger charge is 2.53. The number of carbonyl (C=O) groups is 2. The fourth-order valence-corrected chi connectivity index (χ4v) is 4.45. The Morgan fingerprint density at radius 2 is 1.89 bits per heavy atom. The van der Waals surface area contributed by atoms with Crippen LogP contribution in [0.3, 0.4) is 0 Å². The molecule has 0 aliphatic carbocycles. The Kier molecular flexibility index (Phi) is 3.55. The molecular formula is C20H21N3O4. The average Bonchev–Trinajstić information content (AvgIpc) is 3.31. The summed E-state index contributed by atoms with van der Waals surface area (Å²) in [7, 11) is 0. The number of carbonyl (C=O) groups excluding carboxylic acids is 2. The Labute approximate surface area is 156 Å². The molecule has 2 saturated heterocycles. The summed E-state index contributed by atoms with van der Waals surface area (Å²) in [6.45, 7) is 1.64. The zero-order valence-corrected chi connectivity index (χ0v) is 14.9. The summed E-state index contributed by atoms with van der Waals surface area (Å²) >= 11 is 0. The first-order chi connectivity index (χ1) is 13.1. The lowest BCUT2D eigenvalue weighted by Crippen LogP contribution is -2.59. The molecule has 0 bridgehead atoms. The van der Waals surface area contributed by atoms with E-state index in [1.165, 1.54) is 6.26 Å². The van der Waals surface area contributed by atoms with E-state index < -0.39 is 5.66 Å². The van der Waals surface area contributed by atoms with Crippen molar-refractivity contribution >= 4 is 17.5 Å². The quantitative estimate of drug-likeness (QED) is 0.808. The Morgan fingerprint density at radius 3 is 2.67 bits per heavy atom. The summed E-state index contributed by atoms with van der Waals surface area (Å²) in [5.41, 5.74) is 0.584. The number of hydrogen-bond acceptors (Lipinski definition) is 5. The van der Waals surface area contributed by atoms with Gasteiger partial charge in [-0.3, -0.25) is 9.59 Å². The van der Waals surface area contributed by atoms with Crippen LogP contribution in [0.2, 0.25) is 0 Å². The van der Waals surface area contributed by atoms with E-state index >= 15 is 0 Å². The molecule has 3 aliphatic heterocycles. The molecule has 1 atom stereocenters. The highest BCUT2D eigenvalue weighted by molar-refractivity contribution is 6.02. The molecule has 0 unspecified atom stereocenters. The predicted molar refractivity (Wildman–Crippen MR) is 97.4 cm³/mol. The molecule has 2 amide bonds. The smallest absolute Gasteiger partial charge is 0.289 e. The number of para-hydroxylation sites is 1. The molecule has 0 radical (unpaired) electrons. The van der Waals surface area contributed by atoms with Gasteiger partial charge >= 0.3 is 0 Å². The Morgan fingerprint density at radius 1 is 1.07 bits per heavy atom. The highest BCUT2D eigenvalue weighted by Crippen LogP contribution is 2.43. The maximum atomic E-state index is 12.5. The van der Waals surface area contributed by atoms with E-state index in [0.717, 1.165) is 18.5 Å². The number of benzene rings is 1. The molecule has 1 aromatic heterocycles. The van der Waals surface area contributed by atoms with Crippen LogP contribution in [0.4, 0.5) is 5.69 Å². The van der Waals surface area contributed by atoms with Gasteiger partial charge in [0.05, 0.1) is 24.0 Å². The summed E-state index contributed by atoms with van der Waals surface area (Å²) in [5, 5.41) is 6.58. The first-order valence-electron chi connectivity index (χ1n) is 9.25. The number of likely N-dealkylation sites (tertiary alicyclic amines) is 1. The molecule has 4 heterocycles. The van der Waals surface area contributed by atoms with Crippen LogP contribution < -0.4 is 10.6 Å². The maximum absolute atomic E-state index is 12.5. The van der Waals surface area contributed by atoms with Crippen LogP contribution in [0.25, 0.3) is 0 Å². The molecular weight excluding hydrogens is 346 g/mol. The molecule has 5 rings (SSSR count). The molecule has 7 nitrogen and oxygen atoms in total. The number of hydrogen-bond donors (Lipinski definition) is 2. The molecule has 2 fully saturated rings. The van der Waals surface area contributed by atoms with E-state index in [2.05, 4.69) is 10.6 Å². The van der Waals surface area contributed by atoms with E-state index in [1.807, 2.05) is 24.3 Å². The van der Waals surface area contributed by atoms with Crippen LogP contribution in [-0.4, -0.2) is 47.7 Å². The number of nitrogens with one attached hydrogen (secondary N) is 2. The Balaban J connectivity index is 1.29. The van der Waals surface area contributed by atoms with E-state index in [4.69, 9.17) is 9.15 Å². The first-order valence-corrected chi connectivity index (χ1v) is 9.25. The lowest BCUT2D eigenvalue weighted by Gasteiger charge is -2.40. The third-order valence-electron chi connectivity index (χ3n) is 5.84. The van der Waals surface area contributed by atoms with Crippen molar-refractivity contribution in [1.82, 2.24) is 10.2 Å². The van der Waals surface area contributed by atoms with Gasteiger partial charge in [-0.2, -0.15) is 0 Å². The summed E-state index contributed by atoms with van der Waals surface area (Å²) in [6, 6.07) is 10.9. The normalized spacial score (nSPS) is 25.9. The van der Waals surface area contributed by atoms with Crippen molar-refractivity contribution in [3.8, 4) is 0 Å². The van der Waals surface area contributed by atoms with Gasteiger partial charge in [0.25, 0.3) is 11.8 Å². The van der Waals surface area contributed by atoms with Crippen LogP contribution in [-0.2, 0) is 4.74 Å². The third-order valence-corrected chi connectivity index (χ3v) is 5.84. The Bertz CT molecular complexity index is 886. The minimum atomic E-state index is -0.585. The molecule has 3 aliphatic rings. The molecule has 1 aromatic carbocycles. The molecule has 7 heteroatoms. The number of furan rings is 1. The first kappa shape index (κ1) is 16.4. The second kappa shape index (κ2) is 5.85. The van der Waals surface area contributed by atoms with Crippen molar-refractivity contribution in [3.63, 3.8) is 0 Å². The van der Waals surface area contributed by atoms with Crippen LogP contribution in [0.15, 0.2) is 47.1 Å². The summed E-state index contributed by atoms with van der Waals surface area (Å²) < 4.78 is 11.4. The monoisotopic (exact) mass is 367 g/mol. The fraction of sp³-hybridized carbons (Fsp3) is 0.400. The van der Waals surface area contributed by atoms with E-state index in [9.17, 15) is 9.59 Å². The zero-order chi connectivity index (χ0) is 18.5. The minimum Gasteiger partial charge on any atom is -0.459 e. The maximum Gasteiger partial charge on any atom is 0.289 e. The lowest BCUT2D eigenvalue weighted by molar-refractivity contribution is -0.0397. The largest absolute Gasteiger partial charge is 0.459 e. The van der Waals surface area contributed by atoms with Crippen LogP contribution in [0.5, 0.6) is 0 Å². The standard InChI is InChI=1S/C20H21N3O4/c24-17-14-4-1-2-5-15(14)21-20(22-17)12-19(27-13-20)7-9-23(10-8-19)18(25)16-6-3-11-26-16/h1-6,11,21H,7-10,12-13H2,(H,22,24)/t20-/m0/s1. The topological polar surface area (TPSA) is 83.8 Å². The summed E-state index contributed by atoms with van der Waals surface area (Å²) in [5.74, 6) is 0.212. The van der Waals surface area contributed by atoms with Crippen LogP contribution in [0, 0.1) is 0 Å². The van der Waals surface area contributed by atoms with Gasteiger partial charge in [0.1, 0.15) is 5.66 Å². The number of piperidine rings is 1. The van der Waals surface area contributed by atoms with Gasteiger partial charge in [-0.15, -0.1) is 0 Å². The number of nitrogens with zero attached hydrogens (tertiary/aromatic N) is 1. The summed E-state index contributed by atoms with van der Waals surface area (Å²) in [4.78, 5) is 26.8. The minimum absolute atomic E-state index is 0.0737. The molecule has 140 valence electrons. The predicted octanol–water partition coefficient (Wildman–Crippen LogP) is 2.23. The molecule has 27 heavy (non-hydrogen) atoms. The molecule has 0 saturated carbocycles. The molecule has 2 spiro atoms. The van der Waals surface area contributed by atoms with Gasteiger partial charge in [0, 0.05) is 25.2 Å². The average molecular weight is 367 g/mol. The number of fused-ring (bicyclic) bond motifs is 1. The van der Waals surface area contributed by atoms with Crippen molar-refractivity contribution in [1.29, 1.82) is 0 Å². The SMILES string of the molecule is O=C1N[C@@]2(COC3(CCN(C(=O)c4ccco4)CC3)C2)Nc2ccccc21. The van der Waals surface area contributed by atoms with E-state index in [-0.39, 0.29) is 17.4 Å². The van der Waals surface area contributed by atoms with Gasteiger partial charge in [-0.25, -0.2) is 0 Å². The van der Waals surface area contributed by atoms with Gasteiger partial charge in [0.15, 0.2) is 5.76 Å². The van der Waals surface area contributed by atoms with Crippen molar-refractivity contribution in [2.24, 2.45) is 0 Å². The number of amides is 2. The number of anilines is 1. The van der Waals surface area contributed by atoms with Crippen LogP contribution >= 0.6 is 0 Å². The second-order valence-corrected chi connectivity index (χ2v) is 7.62. The number of rotatable bonds is 1. The lowest BCUT2D eigenvalue weighted by atomic mass is 9.84. The number of ether oxygens (including phenoxy) is 1. The second-order valence-electron chi connectivity index (χ2n) is 7.62. The van der Waals surface area contributed by atoms with Gasteiger partial charge in [-0.1, -0.05) is 12.1 Å². The Hall–Kier alpha value is -2.80. The van der Waals surface area contributed by atoms with Gasteiger partial charge in [-0.05, 0) is 37.1 Å². The van der Waals surface area contributed by atoms with Crippen molar-refractivity contribution < 1.29 is 18.7 Å². The van der Waals surface area contributed by atoms with Crippen molar-refractivity contribution in [3.05, 3.63) is 54.0 Å². The van der Waals surface area contributed by atoms with E-state index in [0.29, 0.717) is 37.4 Å². The highest BCUT2D eigenvalue weighted by atomic mass is 16.5. The molecule has 2 aromatic rings. The van der Waals surface area contributed by atoms with Crippen LogP contribution in [0.1, 0.15) is 40.2 Å².